The van der Waals surface area contributed by atoms with E-state index in [1.165, 1.54) is 18.2 Å². The smallest absolute Gasteiger partial charge is 0.253 e. The van der Waals surface area contributed by atoms with Crippen molar-refractivity contribution in [1.29, 1.82) is 0 Å². The molecule has 1 aliphatic rings. The molecule has 4 aromatic rings. The zero-order chi connectivity index (χ0) is 17.0. The van der Waals surface area contributed by atoms with E-state index in [1.54, 1.807) is 16.6 Å². The first kappa shape index (κ1) is 14.0. The van der Waals surface area contributed by atoms with Gasteiger partial charge in [-0.05, 0) is 12.1 Å². The first-order chi connectivity index (χ1) is 12.2. The molecule has 0 unspecified atom stereocenters. The number of nitrogens with zero attached hydrogens (tertiary/aromatic N) is 3. The molecule has 0 spiro atoms. The van der Waals surface area contributed by atoms with Crippen molar-refractivity contribution in [2.75, 3.05) is 18.5 Å². The number of H-pyrrole nitrogens is 1. The molecule has 25 heavy (non-hydrogen) atoms. The van der Waals surface area contributed by atoms with Crippen LogP contribution in [0.1, 0.15) is 0 Å². The van der Waals surface area contributed by atoms with Gasteiger partial charge in [-0.25, -0.2) is 18.3 Å². The van der Waals surface area contributed by atoms with Gasteiger partial charge in [0.15, 0.2) is 11.5 Å². The predicted molar refractivity (Wildman–Crippen MR) is 85.5 cm³/mol. The number of hydrogen-bond donors (Lipinski definition) is 2. The minimum absolute atomic E-state index is 0.170. The molecule has 7 nitrogen and oxygen atoms in total. The van der Waals surface area contributed by atoms with Crippen molar-refractivity contribution in [3.63, 3.8) is 0 Å². The van der Waals surface area contributed by atoms with Gasteiger partial charge in [0.1, 0.15) is 30.5 Å². The average Bonchev–Trinajstić information content (AvgIpc) is 3.13. The fourth-order valence-corrected chi connectivity index (χ4v) is 2.81. The summed E-state index contributed by atoms with van der Waals surface area (Å²) in [6.45, 7) is 0.966. The van der Waals surface area contributed by atoms with Gasteiger partial charge in [0.2, 0.25) is 5.95 Å². The summed E-state index contributed by atoms with van der Waals surface area (Å²) in [6.07, 6.45) is 0. The standard InChI is InChI=1S/C16H11F2N5O2/c17-8-2-1-3-9(18)14(8)20-15-21-16-19-10-6-12-13(25-5-4-24-12)7-11(10)23(16)22-15/h1-3,6-7H,4-5H2,(H2,19,20,21,22). The molecular weight excluding hydrogens is 332 g/mol. The number of halogens is 2. The molecule has 0 saturated heterocycles. The fourth-order valence-electron chi connectivity index (χ4n) is 2.81. The summed E-state index contributed by atoms with van der Waals surface area (Å²) in [4.78, 5) is 8.61. The summed E-state index contributed by atoms with van der Waals surface area (Å²) in [5.41, 5.74) is 1.11. The van der Waals surface area contributed by atoms with Gasteiger partial charge in [0, 0.05) is 12.1 Å². The number of nitrogens with one attached hydrogen (secondary N) is 2. The van der Waals surface area contributed by atoms with E-state index in [9.17, 15) is 8.78 Å². The van der Waals surface area contributed by atoms with E-state index in [-0.39, 0.29) is 11.6 Å². The number of rotatable bonds is 2. The van der Waals surface area contributed by atoms with Crippen LogP contribution < -0.4 is 14.8 Å². The van der Waals surface area contributed by atoms with Crippen LogP contribution in [0.5, 0.6) is 11.5 Å². The Hall–Kier alpha value is -3.36. The molecule has 0 atom stereocenters. The summed E-state index contributed by atoms with van der Waals surface area (Å²) < 4.78 is 40.2. The van der Waals surface area contributed by atoms with Crippen LogP contribution in [-0.4, -0.2) is 32.8 Å². The molecule has 0 radical (unpaired) electrons. The fraction of sp³-hybridized carbons (Fsp3) is 0.125. The summed E-state index contributed by atoms with van der Waals surface area (Å²) in [5, 5.41) is 5.54. The topological polar surface area (TPSA) is 76.5 Å². The molecule has 9 heteroatoms. The van der Waals surface area contributed by atoms with E-state index in [4.69, 9.17) is 9.47 Å². The van der Waals surface area contributed by atoms with E-state index in [0.717, 1.165) is 0 Å². The summed E-state index contributed by atoms with van der Waals surface area (Å²) in [7, 11) is 0. The van der Waals surface area contributed by atoms with Gasteiger partial charge in [-0.15, -0.1) is 0 Å². The third-order valence-corrected chi connectivity index (χ3v) is 3.94. The number of aromatic nitrogens is 4. The van der Waals surface area contributed by atoms with E-state index in [1.807, 2.05) is 0 Å². The zero-order valence-corrected chi connectivity index (χ0v) is 12.7. The van der Waals surface area contributed by atoms with Crippen LogP contribution in [0.25, 0.3) is 16.8 Å². The molecule has 0 bridgehead atoms. The molecule has 126 valence electrons. The highest BCUT2D eigenvalue weighted by Gasteiger charge is 2.18. The Morgan fingerprint density at radius 1 is 1.04 bits per heavy atom. The number of benzene rings is 2. The maximum atomic E-state index is 13.8. The number of aromatic amines is 1. The minimum atomic E-state index is -0.710. The molecule has 2 N–H and O–H groups in total. The molecule has 2 aromatic heterocycles. The van der Waals surface area contributed by atoms with Gasteiger partial charge in [-0.2, -0.15) is 4.98 Å². The van der Waals surface area contributed by atoms with Gasteiger partial charge in [0.25, 0.3) is 5.78 Å². The molecule has 0 aliphatic carbocycles. The third-order valence-electron chi connectivity index (χ3n) is 3.94. The van der Waals surface area contributed by atoms with E-state index < -0.39 is 11.6 Å². The molecule has 3 heterocycles. The van der Waals surface area contributed by atoms with Crippen LogP contribution in [0.3, 0.4) is 0 Å². The molecule has 0 saturated carbocycles. The van der Waals surface area contributed by atoms with E-state index in [2.05, 4.69) is 20.4 Å². The quantitative estimate of drug-likeness (QED) is 0.585. The number of fused-ring (bicyclic) bond motifs is 4. The van der Waals surface area contributed by atoms with Crippen molar-refractivity contribution in [1.82, 2.24) is 19.6 Å². The molecule has 0 amide bonds. The lowest BCUT2D eigenvalue weighted by Gasteiger charge is -2.17. The van der Waals surface area contributed by atoms with Gasteiger partial charge in [-0.3, -0.25) is 5.10 Å². The Morgan fingerprint density at radius 3 is 2.52 bits per heavy atom. The lowest BCUT2D eigenvalue weighted by molar-refractivity contribution is 0.172. The minimum Gasteiger partial charge on any atom is -0.486 e. The Bertz CT molecular complexity index is 1100. The molecule has 2 aromatic carbocycles. The summed E-state index contributed by atoms with van der Waals surface area (Å²) in [6, 6.07) is 7.19. The van der Waals surface area contributed by atoms with Gasteiger partial charge in [0.05, 0.1) is 11.0 Å². The number of para-hydroxylation sites is 1. The van der Waals surface area contributed by atoms with Crippen LogP contribution in [0.15, 0.2) is 30.3 Å². The van der Waals surface area contributed by atoms with Crippen LogP contribution in [0, 0.1) is 11.6 Å². The highest BCUT2D eigenvalue weighted by atomic mass is 19.1. The van der Waals surface area contributed by atoms with Crippen LogP contribution >= 0.6 is 0 Å². The second kappa shape index (κ2) is 5.07. The van der Waals surface area contributed by atoms with Crippen molar-refractivity contribution >= 4 is 28.4 Å². The van der Waals surface area contributed by atoms with Gasteiger partial charge < -0.3 is 14.8 Å². The van der Waals surface area contributed by atoms with Crippen LogP contribution in [0.2, 0.25) is 0 Å². The predicted octanol–water partition coefficient (Wildman–Crippen LogP) is 3.00. The van der Waals surface area contributed by atoms with Crippen molar-refractivity contribution in [2.45, 2.75) is 0 Å². The SMILES string of the molecule is Fc1cccc(F)c1Nc1nc2nc3cc4c(cc3n2[nH]1)OCCO4. The van der Waals surface area contributed by atoms with E-state index >= 15 is 0 Å². The van der Waals surface area contributed by atoms with Gasteiger partial charge >= 0.3 is 0 Å². The highest BCUT2D eigenvalue weighted by molar-refractivity contribution is 5.83. The van der Waals surface area contributed by atoms with E-state index in [0.29, 0.717) is 41.5 Å². The average molecular weight is 343 g/mol. The number of anilines is 2. The lowest BCUT2D eigenvalue weighted by Crippen LogP contribution is -2.15. The first-order valence-electron chi connectivity index (χ1n) is 7.58. The monoisotopic (exact) mass is 343 g/mol. The normalized spacial score (nSPS) is 13.5. The zero-order valence-electron chi connectivity index (χ0n) is 12.7. The second-order valence-electron chi connectivity index (χ2n) is 5.53. The lowest BCUT2D eigenvalue weighted by atomic mass is 10.2. The Labute approximate surface area is 139 Å². The Balaban J connectivity index is 1.60. The molecular formula is C16H11F2N5O2. The summed E-state index contributed by atoms with van der Waals surface area (Å²) in [5.74, 6) is 0.355. The molecule has 1 aliphatic heterocycles. The maximum absolute atomic E-state index is 13.8. The highest BCUT2D eigenvalue weighted by Crippen LogP contribution is 2.34. The summed E-state index contributed by atoms with van der Waals surface area (Å²) >= 11 is 0. The third kappa shape index (κ3) is 2.16. The van der Waals surface area contributed by atoms with Gasteiger partial charge in [-0.1, -0.05) is 6.07 Å². The molecule has 0 fully saturated rings. The van der Waals surface area contributed by atoms with Crippen molar-refractivity contribution in [3.8, 4) is 11.5 Å². The molecule has 5 rings (SSSR count). The van der Waals surface area contributed by atoms with Crippen molar-refractivity contribution in [2.24, 2.45) is 0 Å². The largest absolute Gasteiger partial charge is 0.486 e. The number of imidazole rings is 1. The van der Waals surface area contributed by atoms with Crippen LogP contribution in [-0.2, 0) is 0 Å². The second-order valence-corrected chi connectivity index (χ2v) is 5.53. The number of hydrogen-bond acceptors (Lipinski definition) is 5. The van der Waals surface area contributed by atoms with Crippen LogP contribution in [0.4, 0.5) is 20.4 Å². The van der Waals surface area contributed by atoms with Crippen molar-refractivity contribution in [3.05, 3.63) is 42.0 Å². The Morgan fingerprint density at radius 2 is 1.76 bits per heavy atom. The maximum Gasteiger partial charge on any atom is 0.253 e. The number of ether oxygens (including phenoxy) is 2. The first-order valence-corrected chi connectivity index (χ1v) is 7.58. The van der Waals surface area contributed by atoms with Crippen molar-refractivity contribution < 1.29 is 18.3 Å². The Kier molecular flexibility index (Phi) is 2.84.